The minimum Gasteiger partial charge on any atom is -0.464 e. The second-order valence-corrected chi connectivity index (χ2v) is 3.23. The highest BCUT2D eigenvalue weighted by atomic mass is 16.3. The van der Waals surface area contributed by atoms with Crippen LogP contribution in [0.3, 0.4) is 0 Å². The lowest BCUT2D eigenvalue weighted by atomic mass is 10.0. The number of hydrogen-bond acceptors (Lipinski definition) is 2. The molecule has 2 N–H and O–H groups in total. The summed E-state index contributed by atoms with van der Waals surface area (Å²) in [6.45, 7) is 2.09. The Morgan fingerprint density at radius 3 is 3.00 bits per heavy atom. The molecule has 2 aromatic rings. The molecule has 0 bridgehead atoms. The number of nitrogens with two attached hydrogens (primary N) is 1. The van der Waals surface area contributed by atoms with Gasteiger partial charge in [0.15, 0.2) is 0 Å². The Balaban J connectivity index is 2.48. The first-order chi connectivity index (χ1) is 6.31. The van der Waals surface area contributed by atoms with Gasteiger partial charge in [-0.25, -0.2) is 0 Å². The van der Waals surface area contributed by atoms with Gasteiger partial charge in [0, 0.05) is 11.4 Å². The van der Waals surface area contributed by atoms with E-state index in [9.17, 15) is 0 Å². The summed E-state index contributed by atoms with van der Waals surface area (Å²) in [5.41, 5.74) is 8.02. The summed E-state index contributed by atoms with van der Waals surface area (Å²) in [5.74, 6) is 0. The lowest BCUT2D eigenvalue weighted by Crippen LogP contribution is -2.07. The highest BCUT2D eigenvalue weighted by Crippen LogP contribution is 2.21. The van der Waals surface area contributed by atoms with Gasteiger partial charge in [-0.2, -0.15) is 0 Å². The van der Waals surface area contributed by atoms with Gasteiger partial charge in [0.05, 0.1) is 6.26 Å². The van der Waals surface area contributed by atoms with Crippen molar-refractivity contribution in [1.82, 2.24) is 0 Å². The summed E-state index contributed by atoms with van der Waals surface area (Å²) in [4.78, 5) is 0. The molecule has 1 aromatic carbocycles. The van der Waals surface area contributed by atoms with Gasteiger partial charge in [0.2, 0.25) is 0 Å². The van der Waals surface area contributed by atoms with Crippen molar-refractivity contribution in [2.24, 2.45) is 5.73 Å². The third kappa shape index (κ3) is 1.45. The molecule has 0 saturated carbocycles. The van der Waals surface area contributed by atoms with Gasteiger partial charge in [0.1, 0.15) is 5.58 Å². The summed E-state index contributed by atoms with van der Waals surface area (Å²) < 4.78 is 5.25. The molecule has 0 spiro atoms. The van der Waals surface area contributed by atoms with Crippen molar-refractivity contribution in [3.8, 4) is 0 Å². The summed E-state index contributed by atoms with van der Waals surface area (Å²) in [6, 6.07) is 8.19. The molecule has 0 radical (unpaired) electrons. The van der Waals surface area contributed by atoms with Gasteiger partial charge in [0.25, 0.3) is 0 Å². The molecule has 0 aliphatic rings. The van der Waals surface area contributed by atoms with Crippen LogP contribution >= 0.6 is 0 Å². The van der Waals surface area contributed by atoms with Crippen LogP contribution in [0.1, 0.15) is 24.9 Å². The first-order valence-corrected chi connectivity index (χ1v) is 4.54. The van der Waals surface area contributed by atoms with Crippen LogP contribution in [0.2, 0.25) is 0 Å². The standard InChI is InChI=1S/C11H13NO/c1-2-10(12)8-3-4-11-9(7-8)5-6-13-11/h3-7,10H,2,12H2,1H3/t10-/m0/s1. The smallest absolute Gasteiger partial charge is 0.133 e. The Kier molecular flexibility index (Phi) is 2.07. The number of rotatable bonds is 2. The third-order valence-electron chi connectivity index (χ3n) is 2.34. The molecule has 0 aliphatic carbocycles. The van der Waals surface area contributed by atoms with Crippen LogP contribution in [-0.2, 0) is 0 Å². The molecule has 0 unspecified atom stereocenters. The normalized spacial score (nSPS) is 13.4. The van der Waals surface area contributed by atoms with Crippen LogP contribution in [0.15, 0.2) is 34.9 Å². The quantitative estimate of drug-likeness (QED) is 0.762. The summed E-state index contributed by atoms with van der Waals surface area (Å²) in [7, 11) is 0. The lowest BCUT2D eigenvalue weighted by molar-refractivity contribution is 0.615. The van der Waals surface area contributed by atoms with Crippen LogP contribution in [0, 0.1) is 0 Å². The molecule has 1 aromatic heterocycles. The topological polar surface area (TPSA) is 39.2 Å². The Morgan fingerprint density at radius 1 is 1.38 bits per heavy atom. The highest BCUT2D eigenvalue weighted by molar-refractivity contribution is 5.77. The molecule has 13 heavy (non-hydrogen) atoms. The maximum Gasteiger partial charge on any atom is 0.133 e. The maximum absolute atomic E-state index is 5.92. The van der Waals surface area contributed by atoms with E-state index >= 15 is 0 Å². The predicted octanol–water partition coefficient (Wildman–Crippen LogP) is 2.84. The monoisotopic (exact) mass is 175 g/mol. The molecule has 2 heteroatoms. The summed E-state index contributed by atoms with van der Waals surface area (Å²) >= 11 is 0. The molecule has 0 aliphatic heterocycles. The maximum atomic E-state index is 5.92. The molecule has 1 heterocycles. The summed E-state index contributed by atoms with van der Waals surface area (Å²) in [6.07, 6.45) is 2.66. The largest absolute Gasteiger partial charge is 0.464 e. The van der Waals surface area contributed by atoms with E-state index in [1.54, 1.807) is 6.26 Å². The molecule has 0 saturated heterocycles. The summed E-state index contributed by atoms with van der Waals surface area (Å²) in [5, 5.41) is 1.13. The molecule has 2 rings (SSSR count). The van der Waals surface area contributed by atoms with E-state index in [1.807, 2.05) is 18.2 Å². The van der Waals surface area contributed by atoms with E-state index in [4.69, 9.17) is 10.2 Å². The Bertz CT molecular complexity index is 405. The van der Waals surface area contributed by atoms with Gasteiger partial charge >= 0.3 is 0 Å². The van der Waals surface area contributed by atoms with Crippen molar-refractivity contribution in [3.05, 3.63) is 36.1 Å². The fourth-order valence-electron chi connectivity index (χ4n) is 1.45. The second-order valence-electron chi connectivity index (χ2n) is 3.23. The lowest BCUT2D eigenvalue weighted by Gasteiger charge is -2.08. The van der Waals surface area contributed by atoms with Crippen LogP contribution in [0.25, 0.3) is 11.0 Å². The number of hydrogen-bond donors (Lipinski definition) is 1. The van der Waals surface area contributed by atoms with E-state index < -0.39 is 0 Å². The van der Waals surface area contributed by atoms with E-state index in [1.165, 1.54) is 5.56 Å². The second kappa shape index (κ2) is 3.23. The fraction of sp³-hybridized carbons (Fsp3) is 0.273. The van der Waals surface area contributed by atoms with Crippen LogP contribution in [0.4, 0.5) is 0 Å². The minimum absolute atomic E-state index is 0.138. The van der Waals surface area contributed by atoms with E-state index in [2.05, 4.69) is 13.0 Å². The van der Waals surface area contributed by atoms with Crippen LogP contribution in [0.5, 0.6) is 0 Å². The van der Waals surface area contributed by atoms with Gasteiger partial charge in [-0.3, -0.25) is 0 Å². The zero-order chi connectivity index (χ0) is 9.26. The van der Waals surface area contributed by atoms with Crippen molar-refractivity contribution in [1.29, 1.82) is 0 Å². The number of benzene rings is 1. The number of furan rings is 1. The average molecular weight is 175 g/mol. The average Bonchev–Trinajstić information content (AvgIpc) is 2.63. The van der Waals surface area contributed by atoms with Gasteiger partial charge < -0.3 is 10.2 Å². The zero-order valence-electron chi connectivity index (χ0n) is 7.66. The van der Waals surface area contributed by atoms with Crippen molar-refractivity contribution in [2.45, 2.75) is 19.4 Å². The van der Waals surface area contributed by atoms with Crippen molar-refractivity contribution in [3.63, 3.8) is 0 Å². The first kappa shape index (κ1) is 8.32. The SMILES string of the molecule is CC[C@H](N)c1ccc2occc2c1. The van der Waals surface area contributed by atoms with Crippen LogP contribution < -0.4 is 5.73 Å². The van der Waals surface area contributed by atoms with E-state index in [0.717, 1.165) is 17.4 Å². The first-order valence-electron chi connectivity index (χ1n) is 4.54. The fourth-order valence-corrected chi connectivity index (χ4v) is 1.45. The Labute approximate surface area is 77.3 Å². The van der Waals surface area contributed by atoms with Gasteiger partial charge in [-0.15, -0.1) is 0 Å². The minimum atomic E-state index is 0.138. The molecule has 0 amide bonds. The van der Waals surface area contributed by atoms with E-state index in [0.29, 0.717) is 0 Å². The van der Waals surface area contributed by atoms with Crippen LogP contribution in [-0.4, -0.2) is 0 Å². The Hall–Kier alpha value is -1.28. The van der Waals surface area contributed by atoms with Crippen molar-refractivity contribution < 1.29 is 4.42 Å². The van der Waals surface area contributed by atoms with E-state index in [-0.39, 0.29) is 6.04 Å². The van der Waals surface area contributed by atoms with Gasteiger partial charge in [-0.1, -0.05) is 13.0 Å². The van der Waals surface area contributed by atoms with Gasteiger partial charge in [-0.05, 0) is 30.2 Å². The number of fused-ring (bicyclic) bond motifs is 1. The molecule has 1 atom stereocenters. The third-order valence-corrected chi connectivity index (χ3v) is 2.34. The molecular formula is C11H13NO. The predicted molar refractivity (Wildman–Crippen MR) is 53.4 cm³/mol. The zero-order valence-corrected chi connectivity index (χ0v) is 7.66. The molecular weight excluding hydrogens is 162 g/mol. The molecule has 68 valence electrons. The van der Waals surface area contributed by atoms with Crippen molar-refractivity contribution in [2.75, 3.05) is 0 Å². The van der Waals surface area contributed by atoms with Crippen molar-refractivity contribution >= 4 is 11.0 Å². The Morgan fingerprint density at radius 2 is 2.23 bits per heavy atom. The highest BCUT2D eigenvalue weighted by Gasteiger charge is 2.04. The molecule has 2 nitrogen and oxygen atoms in total. The molecule has 0 fully saturated rings.